The van der Waals surface area contributed by atoms with Gasteiger partial charge in [0.2, 0.25) is 0 Å². The van der Waals surface area contributed by atoms with Gasteiger partial charge in [0, 0.05) is 5.56 Å². The molecule has 0 radical (unpaired) electrons. The molecule has 0 aliphatic carbocycles. The molecule has 19 heavy (non-hydrogen) atoms. The predicted molar refractivity (Wildman–Crippen MR) is 74.1 cm³/mol. The van der Waals surface area contributed by atoms with Gasteiger partial charge in [-0.1, -0.05) is 42.2 Å². The zero-order valence-corrected chi connectivity index (χ0v) is 10.5. The van der Waals surface area contributed by atoms with E-state index >= 15 is 0 Å². The summed E-state index contributed by atoms with van der Waals surface area (Å²) in [7, 11) is 0. The van der Waals surface area contributed by atoms with E-state index in [0.29, 0.717) is 6.61 Å². The average Bonchev–Trinajstić information content (AvgIpc) is 3.29. The maximum Gasteiger partial charge on any atom is 0.135 e. The molecule has 3 rings (SSSR count). The summed E-state index contributed by atoms with van der Waals surface area (Å²) in [5.41, 5.74) is 1.91. The Morgan fingerprint density at radius 3 is 2.53 bits per heavy atom. The number of hydrogen-bond donors (Lipinski definition) is 0. The van der Waals surface area contributed by atoms with Crippen LogP contribution in [0.2, 0.25) is 0 Å². The van der Waals surface area contributed by atoms with Crippen molar-refractivity contribution in [1.29, 1.82) is 0 Å². The molecule has 1 saturated heterocycles. The molecule has 1 heterocycles. The summed E-state index contributed by atoms with van der Waals surface area (Å²) in [6.07, 6.45) is 0.259. The fraction of sp³-hybridized carbons (Fsp3) is 0.176. The normalized spacial score (nSPS) is 16.3. The molecule has 1 aliphatic heterocycles. The first-order valence-corrected chi connectivity index (χ1v) is 6.32. The molecule has 0 aromatic heterocycles. The number of para-hydroxylation sites is 1. The van der Waals surface area contributed by atoms with Crippen molar-refractivity contribution in [1.82, 2.24) is 0 Å². The molecule has 1 fully saturated rings. The van der Waals surface area contributed by atoms with Crippen molar-refractivity contribution < 1.29 is 9.47 Å². The Morgan fingerprint density at radius 2 is 1.74 bits per heavy atom. The maximum atomic E-state index is 5.72. The predicted octanol–water partition coefficient (Wildman–Crippen LogP) is 2.86. The highest BCUT2D eigenvalue weighted by Crippen LogP contribution is 2.19. The Bertz CT molecular complexity index is 604. The van der Waals surface area contributed by atoms with Crippen LogP contribution in [0.15, 0.2) is 54.6 Å². The van der Waals surface area contributed by atoms with E-state index in [1.165, 1.54) is 0 Å². The van der Waals surface area contributed by atoms with E-state index in [-0.39, 0.29) is 6.10 Å². The Kier molecular flexibility index (Phi) is 3.49. The van der Waals surface area contributed by atoms with Gasteiger partial charge in [-0.3, -0.25) is 0 Å². The van der Waals surface area contributed by atoms with E-state index < -0.39 is 0 Å². The molecular weight excluding hydrogens is 236 g/mol. The highest BCUT2D eigenvalue weighted by Gasteiger charge is 2.23. The Balaban J connectivity index is 1.78. The van der Waals surface area contributed by atoms with Crippen molar-refractivity contribution in [3.8, 4) is 17.6 Å². The van der Waals surface area contributed by atoms with Crippen LogP contribution in [0.4, 0.5) is 0 Å². The van der Waals surface area contributed by atoms with Gasteiger partial charge in [-0.05, 0) is 24.3 Å². The van der Waals surface area contributed by atoms with E-state index in [0.717, 1.165) is 23.5 Å². The van der Waals surface area contributed by atoms with Gasteiger partial charge >= 0.3 is 0 Å². The molecule has 0 spiro atoms. The van der Waals surface area contributed by atoms with Gasteiger partial charge < -0.3 is 9.47 Å². The molecule has 2 aromatic rings. The summed E-state index contributed by atoms with van der Waals surface area (Å²) in [6.45, 7) is 1.40. The molecule has 94 valence electrons. The zero-order chi connectivity index (χ0) is 12.9. The lowest BCUT2D eigenvalue weighted by molar-refractivity contribution is 0.262. The maximum absolute atomic E-state index is 5.72. The van der Waals surface area contributed by atoms with E-state index in [9.17, 15) is 0 Å². The van der Waals surface area contributed by atoms with Crippen LogP contribution in [0.1, 0.15) is 11.1 Å². The standard InChI is InChI=1S/C17H14O2/c1-2-6-14(7-3-1)10-11-15-8-4-5-9-17(15)19-13-16-12-18-16/h1-9,16H,12-13H2. The van der Waals surface area contributed by atoms with Crippen molar-refractivity contribution in [3.05, 3.63) is 65.7 Å². The molecule has 0 amide bonds. The molecule has 2 nitrogen and oxygen atoms in total. The summed E-state index contributed by atoms with van der Waals surface area (Å²) in [5, 5.41) is 0. The Labute approximate surface area is 113 Å². The first-order valence-electron chi connectivity index (χ1n) is 6.32. The van der Waals surface area contributed by atoms with Crippen LogP contribution < -0.4 is 4.74 Å². The molecular formula is C17H14O2. The summed E-state index contributed by atoms with van der Waals surface area (Å²) < 4.78 is 10.9. The van der Waals surface area contributed by atoms with Crippen molar-refractivity contribution in [3.63, 3.8) is 0 Å². The highest BCUT2D eigenvalue weighted by atomic mass is 16.6. The van der Waals surface area contributed by atoms with Crippen LogP contribution in [0.3, 0.4) is 0 Å². The topological polar surface area (TPSA) is 21.8 Å². The molecule has 1 aliphatic rings. The first-order chi connectivity index (χ1) is 9.42. The fourth-order valence-electron chi connectivity index (χ4n) is 1.70. The second-order valence-corrected chi connectivity index (χ2v) is 4.38. The SMILES string of the molecule is C(#Cc1ccccc1OCC1CO1)c1ccccc1. The largest absolute Gasteiger partial charge is 0.489 e. The van der Waals surface area contributed by atoms with Crippen LogP contribution in [-0.2, 0) is 4.74 Å². The third-order valence-electron chi connectivity index (χ3n) is 2.83. The molecule has 1 atom stereocenters. The van der Waals surface area contributed by atoms with Crippen LogP contribution in [0, 0.1) is 11.8 Å². The van der Waals surface area contributed by atoms with E-state index in [4.69, 9.17) is 9.47 Å². The van der Waals surface area contributed by atoms with Crippen LogP contribution in [0.5, 0.6) is 5.75 Å². The van der Waals surface area contributed by atoms with Crippen LogP contribution in [-0.4, -0.2) is 19.3 Å². The smallest absolute Gasteiger partial charge is 0.135 e. The monoisotopic (exact) mass is 250 g/mol. The minimum Gasteiger partial charge on any atom is -0.489 e. The van der Waals surface area contributed by atoms with Crippen LogP contribution in [0.25, 0.3) is 0 Å². The Morgan fingerprint density at radius 1 is 1.00 bits per heavy atom. The van der Waals surface area contributed by atoms with Gasteiger partial charge in [0.05, 0.1) is 12.2 Å². The van der Waals surface area contributed by atoms with Crippen molar-refractivity contribution >= 4 is 0 Å². The number of benzene rings is 2. The molecule has 1 unspecified atom stereocenters. The van der Waals surface area contributed by atoms with Gasteiger partial charge in [0.25, 0.3) is 0 Å². The van der Waals surface area contributed by atoms with Gasteiger partial charge in [0.1, 0.15) is 18.5 Å². The first kappa shape index (κ1) is 11.8. The molecule has 0 bridgehead atoms. The van der Waals surface area contributed by atoms with Crippen molar-refractivity contribution in [2.45, 2.75) is 6.10 Å². The molecule has 2 heteroatoms. The van der Waals surface area contributed by atoms with Gasteiger partial charge in [-0.15, -0.1) is 0 Å². The minimum absolute atomic E-state index is 0.259. The summed E-state index contributed by atoms with van der Waals surface area (Å²) >= 11 is 0. The van der Waals surface area contributed by atoms with Crippen molar-refractivity contribution in [2.24, 2.45) is 0 Å². The second kappa shape index (κ2) is 5.60. The third kappa shape index (κ3) is 3.37. The zero-order valence-electron chi connectivity index (χ0n) is 10.5. The average molecular weight is 250 g/mol. The van der Waals surface area contributed by atoms with Gasteiger partial charge in [-0.2, -0.15) is 0 Å². The fourth-order valence-corrected chi connectivity index (χ4v) is 1.70. The number of ether oxygens (including phenoxy) is 2. The third-order valence-corrected chi connectivity index (χ3v) is 2.83. The Hall–Kier alpha value is -2.24. The lowest BCUT2D eigenvalue weighted by Gasteiger charge is -2.05. The summed E-state index contributed by atoms with van der Waals surface area (Å²) in [5.74, 6) is 7.12. The quantitative estimate of drug-likeness (QED) is 0.617. The lowest BCUT2D eigenvalue weighted by Crippen LogP contribution is -2.04. The van der Waals surface area contributed by atoms with Crippen LogP contribution >= 0.6 is 0 Å². The number of rotatable bonds is 3. The lowest BCUT2D eigenvalue weighted by atomic mass is 10.1. The molecule has 0 saturated carbocycles. The summed E-state index contributed by atoms with van der Waals surface area (Å²) in [6, 6.07) is 17.8. The van der Waals surface area contributed by atoms with E-state index in [2.05, 4.69) is 11.8 Å². The van der Waals surface area contributed by atoms with Gasteiger partial charge in [-0.25, -0.2) is 0 Å². The van der Waals surface area contributed by atoms with E-state index in [1.807, 2.05) is 54.6 Å². The molecule has 2 aromatic carbocycles. The van der Waals surface area contributed by atoms with Crippen molar-refractivity contribution in [2.75, 3.05) is 13.2 Å². The highest BCUT2D eigenvalue weighted by molar-refractivity contribution is 5.49. The second-order valence-electron chi connectivity index (χ2n) is 4.38. The number of hydrogen-bond acceptors (Lipinski definition) is 2. The molecule has 0 N–H and O–H groups in total. The summed E-state index contributed by atoms with van der Waals surface area (Å²) in [4.78, 5) is 0. The minimum atomic E-state index is 0.259. The number of epoxide rings is 1. The van der Waals surface area contributed by atoms with E-state index in [1.54, 1.807) is 0 Å². The van der Waals surface area contributed by atoms with Gasteiger partial charge in [0.15, 0.2) is 0 Å².